The van der Waals surface area contributed by atoms with Crippen LogP contribution in [0.3, 0.4) is 0 Å². The molecule has 3 heteroatoms. The quantitative estimate of drug-likeness (QED) is 0.576. The highest BCUT2D eigenvalue weighted by Gasteiger charge is 2.45. The molecule has 0 spiro atoms. The molecule has 158 valence electrons. The van der Waals surface area contributed by atoms with Crippen LogP contribution in [-0.4, -0.2) is 23.9 Å². The van der Waals surface area contributed by atoms with E-state index in [4.69, 9.17) is 4.84 Å². The van der Waals surface area contributed by atoms with E-state index < -0.39 is 5.41 Å². The Bertz CT molecular complexity index is 1020. The molecule has 0 saturated heterocycles. The molecule has 1 aliphatic heterocycles. The van der Waals surface area contributed by atoms with Crippen LogP contribution in [0, 0.1) is 10.8 Å². The standard InChI is InChI=1S/C27H33NO2/c1-26(2,3)24-22-18-13-9-8-12-17(18)16-21(25(29)27(4,5)6)19-14-10-11-15-20(19)23(22)30-28(24)7/h8-15,21,24H,16H2,1-7H3. The first kappa shape index (κ1) is 20.9. The van der Waals surface area contributed by atoms with Gasteiger partial charge in [0, 0.05) is 29.5 Å². The molecule has 2 aliphatic rings. The fourth-order valence-corrected chi connectivity index (χ4v) is 5.05. The van der Waals surface area contributed by atoms with E-state index in [1.807, 2.05) is 45.0 Å². The Kier molecular flexibility index (Phi) is 4.93. The van der Waals surface area contributed by atoms with Gasteiger partial charge < -0.3 is 4.84 Å². The number of Topliss-reactive ketones (excluding diaryl/α,β-unsaturated/α-hetero) is 1. The fraction of sp³-hybridized carbons (Fsp3) is 0.444. The minimum absolute atomic E-state index is 0.00623. The van der Waals surface area contributed by atoms with Gasteiger partial charge in [0.1, 0.15) is 5.78 Å². The van der Waals surface area contributed by atoms with E-state index in [2.05, 4.69) is 57.2 Å². The molecule has 1 heterocycles. The molecule has 30 heavy (non-hydrogen) atoms. The van der Waals surface area contributed by atoms with E-state index >= 15 is 0 Å². The topological polar surface area (TPSA) is 29.5 Å². The van der Waals surface area contributed by atoms with Crippen LogP contribution in [0.15, 0.2) is 48.5 Å². The van der Waals surface area contributed by atoms with Gasteiger partial charge in [0.05, 0.1) is 6.04 Å². The number of rotatable bonds is 1. The molecule has 2 aromatic rings. The summed E-state index contributed by atoms with van der Waals surface area (Å²) in [6.07, 6.45) is 0.709. The monoisotopic (exact) mass is 403 g/mol. The first-order chi connectivity index (χ1) is 14.0. The third kappa shape index (κ3) is 3.39. The normalized spacial score (nSPS) is 21.8. The summed E-state index contributed by atoms with van der Waals surface area (Å²) in [7, 11) is 2.02. The van der Waals surface area contributed by atoms with Gasteiger partial charge in [-0.2, -0.15) is 0 Å². The lowest BCUT2D eigenvalue weighted by molar-refractivity contribution is -0.127. The van der Waals surface area contributed by atoms with E-state index in [1.165, 1.54) is 16.7 Å². The second-order valence-electron chi connectivity index (χ2n) is 10.8. The van der Waals surface area contributed by atoms with Gasteiger partial charge in [-0.3, -0.25) is 4.79 Å². The smallest absolute Gasteiger partial charge is 0.160 e. The van der Waals surface area contributed by atoms with Crippen molar-refractivity contribution in [1.82, 2.24) is 5.06 Å². The third-order valence-corrected chi connectivity index (χ3v) is 6.31. The highest BCUT2D eigenvalue weighted by Crippen LogP contribution is 2.49. The van der Waals surface area contributed by atoms with Crippen molar-refractivity contribution in [1.29, 1.82) is 0 Å². The van der Waals surface area contributed by atoms with Crippen LogP contribution in [-0.2, 0) is 16.1 Å². The summed E-state index contributed by atoms with van der Waals surface area (Å²) < 4.78 is 0. The maximum atomic E-state index is 13.6. The molecule has 2 unspecified atom stereocenters. The van der Waals surface area contributed by atoms with E-state index in [0.717, 1.165) is 16.9 Å². The number of nitrogens with zero attached hydrogens (tertiary/aromatic N) is 1. The summed E-state index contributed by atoms with van der Waals surface area (Å²) in [4.78, 5) is 20.0. The molecule has 0 radical (unpaired) electrons. The Hall–Kier alpha value is -2.39. The van der Waals surface area contributed by atoms with Gasteiger partial charge in [-0.15, -0.1) is 5.06 Å². The Morgan fingerprint density at radius 1 is 0.933 bits per heavy atom. The van der Waals surface area contributed by atoms with Gasteiger partial charge in [0.2, 0.25) is 0 Å². The highest BCUT2D eigenvalue weighted by molar-refractivity contribution is 5.98. The van der Waals surface area contributed by atoms with Crippen molar-refractivity contribution < 1.29 is 9.63 Å². The number of hydroxylamine groups is 2. The number of likely N-dealkylation sites (N-methyl/N-ethyl adjacent to an activating group) is 1. The van der Waals surface area contributed by atoms with E-state index in [-0.39, 0.29) is 23.2 Å². The van der Waals surface area contributed by atoms with Gasteiger partial charge in [-0.25, -0.2) is 0 Å². The zero-order valence-corrected chi connectivity index (χ0v) is 19.2. The molecule has 0 aromatic heterocycles. The molecule has 2 aromatic carbocycles. The minimum Gasteiger partial charge on any atom is -0.405 e. The first-order valence-corrected chi connectivity index (χ1v) is 10.9. The first-order valence-electron chi connectivity index (χ1n) is 10.9. The molecule has 2 atom stereocenters. The molecule has 0 amide bonds. The van der Waals surface area contributed by atoms with Crippen molar-refractivity contribution in [3.05, 3.63) is 70.8 Å². The van der Waals surface area contributed by atoms with Crippen LogP contribution in [0.25, 0.3) is 11.3 Å². The third-order valence-electron chi connectivity index (χ3n) is 6.31. The predicted octanol–water partition coefficient (Wildman–Crippen LogP) is 6.10. The van der Waals surface area contributed by atoms with Crippen LogP contribution in [0.2, 0.25) is 0 Å². The van der Waals surface area contributed by atoms with E-state index in [9.17, 15) is 4.79 Å². The summed E-state index contributed by atoms with van der Waals surface area (Å²) >= 11 is 0. The Balaban J connectivity index is 2.04. The summed E-state index contributed by atoms with van der Waals surface area (Å²) in [5.74, 6) is 0.971. The lowest BCUT2D eigenvalue weighted by Gasteiger charge is -2.33. The van der Waals surface area contributed by atoms with Crippen molar-refractivity contribution in [2.75, 3.05) is 7.05 Å². The zero-order valence-electron chi connectivity index (χ0n) is 19.2. The number of ketones is 1. The Morgan fingerprint density at radius 2 is 1.53 bits per heavy atom. The van der Waals surface area contributed by atoms with Gasteiger partial charge in [-0.1, -0.05) is 90.1 Å². The summed E-state index contributed by atoms with van der Waals surface area (Å²) in [6, 6.07) is 17.0. The Labute approximate surface area is 180 Å². The second-order valence-corrected chi connectivity index (χ2v) is 10.8. The van der Waals surface area contributed by atoms with E-state index in [0.29, 0.717) is 6.42 Å². The SMILES string of the molecule is CN1OC2=C(c3ccccc3CC(C(=O)C(C)(C)C)c3ccccc32)C1C(C)(C)C. The van der Waals surface area contributed by atoms with Gasteiger partial charge >= 0.3 is 0 Å². The van der Waals surface area contributed by atoms with E-state index in [1.54, 1.807) is 0 Å². The van der Waals surface area contributed by atoms with Gasteiger partial charge in [0.25, 0.3) is 0 Å². The van der Waals surface area contributed by atoms with Gasteiger partial charge in [0.15, 0.2) is 5.76 Å². The molecule has 0 saturated carbocycles. The molecular weight excluding hydrogens is 370 g/mol. The summed E-state index contributed by atoms with van der Waals surface area (Å²) in [6.45, 7) is 12.8. The lowest BCUT2D eigenvalue weighted by atomic mass is 9.71. The molecule has 0 bridgehead atoms. The predicted molar refractivity (Wildman–Crippen MR) is 123 cm³/mol. The number of benzene rings is 2. The average molecular weight is 404 g/mol. The van der Waals surface area contributed by atoms with Crippen LogP contribution < -0.4 is 0 Å². The molecule has 0 fully saturated rings. The van der Waals surface area contributed by atoms with Crippen LogP contribution in [0.1, 0.15) is 69.7 Å². The number of hydrogen-bond donors (Lipinski definition) is 0. The van der Waals surface area contributed by atoms with Crippen molar-refractivity contribution >= 4 is 17.1 Å². The van der Waals surface area contributed by atoms with Gasteiger partial charge in [-0.05, 0) is 28.5 Å². The Morgan fingerprint density at radius 3 is 2.17 bits per heavy atom. The molecule has 4 rings (SSSR count). The maximum absolute atomic E-state index is 13.6. The van der Waals surface area contributed by atoms with Crippen LogP contribution >= 0.6 is 0 Å². The molecule has 3 nitrogen and oxygen atoms in total. The van der Waals surface area contributed by atoms with Crippen LogP contribution in [0.5, 0.6) is 0 Å². The minimum atomic E-state index is -0.412. The van der Waals surface area contributed by atoms with Crippen molar-refractivity contribution in [2.24, 2.45) is 10.8 Å². The lowest BCUT2D eigenvalue weighted by Crippen LogP contribution is -2.38. The zero-order chi connectivity index (χ0) is 21.8. The maximum Gasteiger partial charge on any atom is 0.160 e. The number of hydrogen-bond acceptors (Lipinski definition) is 3. The fourth-order valence-electron chi connectivity index (χ4n) is 5.05. The van der Waals surface area contributed by atoms with Crippen LogP contribution in [0.4, 0.5) is 0 Å². The largest absolute Gasteiger partial charge is 0.405 e. The molecular formula is C27H33NO2. The molecule has 1 aliphatic carbocycles. The average Bonchev–Trinajstić information content (AvgIpc) is 3.01. The number of carbonyl (C=O) groups is 1. The summed E-state index contributed by atoms with van der Waals surface area (Å²) in [5.41, 5.74) is 5.35. The number of carbonyl (C=O) groups excluding carboxylic acids is 1. The number of fused-ring (bicyclic) bond motifs is 4. The van der Waals surface area contributed by atoms with Crippen molar-refractivity contribution in [2.45, 2.75) is 59.9 Å². The highest BCUT2D eigenvalue weighted by atomic mass is 16.7. The van der Waals surface area contributed by atoms with Crippen molar-refractivity contribution in [3.63, 3.8) is 0 Å². The summed E-state index contributed by atoms with van der Waals surface area (Å²) in [5, 5.41) is 1.99. The van der Waals surface area contributed by atoms with Crippen molar-refractivity contribution in [3.8, 4) is 0 Å². The second kappa shape index (κ2) is 7.09. The molecule has 0 N–H and O–H groups in total.